The summed E-state index contributed by atoms with van der Waals surface area (Å²) in [6.07, 6.45) is 3.09. The Kier molecular flexibility index (Phi) is 4.90. The normalized spacial score (nSPS) is 14.7. The van der Waals surface area contributed by atoms with E-state index in [-0.39, 0.29) is 23.8 Å². The molecule has 26 heavy (non-hydrogen) atoms. The number of aliphatic hydroxyl groups is 1. The summed E-state index contributed by atoms with van der Waals surface area (Å²) in [7, 11) is 1.64. The zero-order valence-corrected chi connectivity index (χ0v) is 14.5. The van der Waals surface area contributed by atoms with Gasteiger partial charge >= 0.3 is 0 Å². The average Bonchev–Trinajstić information content (AvgIpc) is 3.48. The lowest BCUT2D eigenvalue weighted by Gasteiger charge is -2.21. The minimum Gasteiger partial charge on any atom is -0.394 e. The van der Waals surface area contributed by atoms with E-state index >= 15 is 0 Å². The molecule has 7 nitrogen and oxygen atoms in total. The molecule has 0 aliphatic heterocycles. The fourth-order valence-corrected chi connectivity index (χ4v) is 2.97. The third kappa shape index (κ3) is 3.39. The molecule has 1 aromatic carbocycles. The number of primary amides is 1. The number of hydrogen-bond acceptors (Lipinski definition) is 4. The molecule has 2 aromatic rings. The van der Waals surface area contributed by atoms with E-state index in [0.29, 0.717) is 5.56 Å². The van der Waals surface area contributed by atoms with E-state index in [2.05, 4.69) is 0 Å². The van der Waals surface area contributed by atoms with Crippen molar-refractivity contribution in [1.82, 2.24) is 9.47 Å². The Bertz CT molecular complexity index is 887. The first-order valence-corrected chi connectivity index (χ1v) is 8.43. The zero-order valence-electron chi connectivity index (χ0n) is 14.5. The number of hydrogen-bond donors (Lipinski definition) is 2. The van der Waals surface area contributed by atoms with Gasteiger partial charge in [0.1, 0.15) is 5.56 Å². The molecule has 1 atom stereocenters. The zero-order chi connectivity index (χ0) is 18.8. The van der Waals surface area contributed by atoms with Crippen LogP contribution in [0.3, 0.4) is 0 Å². The van der Waals surface area contributed by atoms with Crippen LogP contribution in [-0.2, 0) is 0 Å². The van der Waals surface area contributed by atoms with Crippen LogP contribution in [0.4, 0.5) is 0 Å². The van der Waals surface area contributed by atoms with Crippen LogP contribution in [0.2, 0.25) is 0 Å². The van der Waals surface area contributed by atoms with Gasteiger partial charge in [-0.25, -0.2) is 0 Å². The predicted molar refractivity (Wildman–Crippen MR) is 96.0 cm³/mol. The molecule has 3 rings (SSSR count). The van der Waals surface area contributed by atoms with E-state index in [9.17, 15) is 19.5 Å². The molecule has 3 N–H and O–H groups in total. The third-order valence-electron chi connectivity index (χ3n) is 4.67. The van der Waals surface area contributed by atoms with Gasteiger partial charge < -0.3 is 20.3 Å². The van der Waals surface area contributed by atoms with E-state index < -0.39 is 23.4 Å². The van der Waals surface area contributed by atoms with Crippen molar-refractivity contribution in [1.29, 1.82) is 0 Å². The van der Waals surface area contributed by atoms with E-state index in [1.807, 2.05) is 6.07 Å². The number of amides is 2. The molecule has 2 amide bonds. The molecule has 1 aromatic heterocycles. The number of nitrogens with two attached hydrogens (primary N) is 1. The molecule has 1 fully saturated rings. The summed E-state index contributed by atoms with van der Waals surface area (Å²) in [6, 6.07) is 9.56. The molecule has 1 saturated carbocycles. The van der Waals surface area contributed by atoms with Gasteiger partial charge in [0.15, 0.2) is 0 Å². The molecule has 0 bridgehead atoms. The number of pyridine rings is 1. The molecule has 1 aliphatic carbocycles. The summed E-state index contributed by atoms with van der Waals surface area (Å²) in [5.74, 6) is -1.19. The number of carbonyl (C=O) groups excluding carboxylic acids is 2. The molecule has 136 valence electrons. The lowest BCUT2D eigenvalue weighted by Crippen LogP contribution is -2.38. The summed E-state index contributed by atoms with van der Waals surface area (Å²) >= 11 is 0. The van der Waals surface area contributed by atoms with Gasteiger partial charge in [-0.15, -0.1) is 0 Å². The molecule has 1 heterocycles. The van der Waals surface area contributed by atoms with Crippen molar-refractivity contribution in [2.24, 2.45) is 5.73 Å². The summed E-state index contributed by atoms with van der Waals surface area (Å²) in [4.78, 5) is 38.9. The van der Waals surface area contributed by atoms with E-state index in [4.69, 9.17) is 5.73 Å². The average molecular weight is 355 g/mol. The molecule has 0 saturated heterocycles. The molecular formula is C19H21N3O4. The van der Waals surface area contributed by atoms with E-state index in [1.165, 1.54) is 21.7 Å². The van der Waals surface area contributed by atoms with E-state index in [1.54, 1.807) is 31.3 Å². The summed E-state index contributed by atoms with van der Waals surface area (Å²) in [5, 5.41) is 9.85. The number of benzene rings is 1. The van der Waals surface area contributed by atoms with Crippen molar-refractivity contribution in [3.05, 3.63) is 69.6 Å². The lowest BCUT2D eigenvalue weighted by molar-refractivity contribution is 0.0782. The van der Waals surface area contributed by atoms with Crippen LogP contribution in [-0.4, -0.2) is 46.1 Å². The molecular weight excluding hydrogens is 334 g/mol. The Labute approximate surface area is 150 Å². The fourth-order valence-electron chi connectivity index (χ4n) is 2.97. The summed E-state index contributed by atoms with van der Waals surface area (Å²) in [5.41, 5.74) is 5.44. The van der Waals surface area contributed by atoms with Gasteiger partial charge in [-0.1, -0.05) is 30.3 Å². The first kappa shape index (κ1) is 17.9. The maximum Gasteiger partial charge on any atom is 0.264 e. The van der Waals surface area contributed by atoms with Crippen molar-refractivity contribution >= 4 is 11.8 Å². The maximum atomic E-state index is 13.0. The highest BCUT2D eigenvalue weighted by Gasteiger charge is 2.32. The van der Waals surface area contributed by atoms with Crippen LogP contribution in [0.25, 0.3) is 0 Å². The highest BCUT2D eigenvalue weighted by Crippen LogP contribution is 2.26. The van der Waals surface area contributed by atoms with Crippen LogP contribution >= 0.6 is 0 Å². The van der Waals surface area contributed by atoms with Gasteiger partial charge in [0.2, 0.25) is 5.91 Å². The van der Waals surface area contributed by atoms with Crippen LogP contribution < -0.4 is 11.3 Å². The molecule has 0 radical (unpaired) electrons. The number of aromatic nitrogens is 1. The second-order valence-corrected chi connectivity index (χ2v) is 6.48. The van der Waals surface area contributed by atoms with Crippen molar-refractivity contribution in [2.75, 3.05) is 13.7 Å². The highest BCUT2D eigenvalue weighted by molar-refractivity contribution is 5.98. The number of rotatable bonds is 6. The molecule has 0 unspecified atom stereocenters. The van der Waals surface area contributed by atoms with Crippen molar-refractivity contribution in [3.63, 3.8) is 0 Å². The smallest absolute Gasteiger partial charge is 0.264 e. The van der Waals surface area contributed by atoms with Crippen molar-refractivity contribution < 1.29 is 14.7 Å². The second kappa shape index (κ2) is 7.13. The molecule has 1 aliphatic rings. The topological polar surface area (TPSA) is 106 Å². The van der Waals surface area contributed by atoms with Gasteiger partial charge in [-0.2, -0.15) is 0 Å². The monoisotopic (exact) mass is 355 g/mol. The summed E-state index contributed by atoms with van der Waals surface area (Å²) in [6.45, 7) is -0.363. The third-order valence-corrected chi connectivity index (χ3v) is 4.67. The Morgan fingerprint density at radius 3 is 2.50 bits per heavy atom. The lowest BCUT2D eigenvalue weighted by atomic mass is 10.1. The van der Waals surface area contributed by atoms with Gasteiger partial charge in [-0.05, 0) is 24.5 Å². The Morgan fingerprint density at radius 1 is 1.31 bits per heavy atom. The first-order chi connectivity index (χ1) is 12.4. The van der Waals surface area contributed by atoms with Gasteiger partial charge in [0.25, 0.3) is 11.5 Å². The van der Waals surface area contributed by atoms with Crippen LogP contribution in [0, 0.1) is 0 Å². The standard InChI is InChI=1S/C19H21N3O4/c1-21(14-7-8-14)18(25)15-9-13(17(20)24)10-22(19(15)26)16(11-23)12-5-3-2-4-6-12/h2-6,9-10,14,16,23H,7-8,11H2,1H3,(H2,20,24)/t16-/m1/s1. The summed E-state index contributed by atoms with van der Waals surface area (Å²) < 4.78 is 1.21. The number of carbonyl (C=O) groups is 2. The second-order valence-electron chi connectivity index (χ2n) is 6.48. The quantitative estimate of drug-likeness (QED) is 0.798. The van der Waals surface area contributed by atoms with Gasteiger partial charge in [-0.3, -0.25) is 14.4 Å². The molecule has 7 heteroatoms. The van der Waals surface area contributed by atoms with Crippen LogP contribution in [0.1, 0.15) is 45.2 Å². The van der Waals surface area contributed by atoms with Crippen LogP contribution in [0.5, 0.6) is 0 Å². The van der Waals surface area contributed by atoms with Gasteiger partial charge in [0, 0.05) is 19.3 Å². The largest absolute Gasteiger partial charge is 0.394 e. The molecule has 0 spiro atoms. The van der Waals surface area contributed by atoms with Crippen molar-refractivity contribution in [2.45, 2.75) is 24.9 Å². The predicted octanol–water partition coefficient (Wildman–Crippen LogP) is 0.763. The highest BCUT2D eigenvalue weighted by atomic mass is 16.3. The number of aliphatic hydroxyl groups excluding tert-OH is 1. The Morgan fingerprint density at radius 2 is 1.96 bits per heavy atom. The maximum absolute atomic E-state index is 13.0. The van der Waals surface area contributed by atoms with Gasteiger partial charge in [0.05, 0.1) is 18.2 Å². The Hall–Kier alpha value is -2.93. The fraction of sp³-hybridized carbons (Fsp3) is 0.316. The first-order valence-electron chi connectivity index (χ1n) is 8.43. The number of nitrogens with zero attached hydrogens (tertiary/aromatic N) is 2. The van der Waals surface area contributed by atoms with E-state index in [0.717, 1.165) is 12.8 Å². The van der Waals surface area contributed by atoms with Crippen LogP contribution in [0.15, 0.2) is 47.4 Å². The SMILES string of the molecule is CN(C(=O)c1cc(C(N)=O)cn([C@H](CO)c2ccccc2)c1=O)C1CC1. The minimum absolute atomic E-state index is 0.0477. The van der Waals surface area contributed by atoms with Crippen molar-refractivity contribution in [3.8, 4) is 0 Å². The Balaban J connectivity index is 2.13. The minimum atomic E-state index is -0.744.